The van der Waals surface area contributed by atoms with Gasteiger partial charge in [-0.15, -0.1) is 0 Å². The van der Waals surface area contributed by atoms with Crippen LogP contribution in [-0.2, 0) is 18.9 Å². The molecule has 0 radical (unpaired) electrons. The van der Waals surface area contributed by atoms with Crippen molar-refractivity contribution in [2.45, 2.75) is 166 Å². The third-order valence-corrected chi connectivity index (χ3v) is 9.38. The minimum Gasteiger partial charge on any atom is -0.446 e. The van der Waals surface area contributed by atoms with Gasteiger partial charge in [0.25, 0.3) is 0 Å². The first-order chi connectivity index (χ1) is 20.3. The molecule has 1 heterocycles. The van der Waals surface area contributed by atoms with Crippen LogP contribution in [0.1, 0.15) is 120 Å². The van der Waals surface area contributed by atoms with E-state index in [9.17, 15) is 35.4 Å². The van der Waals surface area contributed by atoms with Crippen molar-refractivity contribution in [2.75, 3.05) is 33.0 Å². The third kappa shape index (κ3) is 10.2. The molecule has 44 heavy (non-hydrogen) atoms. The van der Waals surface area contributed by atoms with Crippen molar-refractivity contribution in [2.24, 2.45) is 0 Å². The smallest absolute Gasteiger partial charge is 0.407 e. The highest BCUT2D eigenvalue weighted by Crippen LogP contribution is 2.49. The normalized spacial score (nSPS) is 32.5. The zero-order valence-electron chi connectivity index (χ0n) is 28.5. The number of unbranched alkanes of at least 4 members (excludes halogenated alkanes) is 8. The van der Waals surface area contributed by atoms with Gasteiger partial charge in [0, 0.05) is 6.54 Å². The van der Waals surface area contributed by atoms with E-state index in [1.807, 2.05) is 0 Å². The topological polar surface area (TPSA) is 187 Å². The van der Waals surface area contributed by atoms with E-state index in [2.05, 4.69) is 12.2 Å². The number of carbonyl (C=O) groups is 1. The number of nitrogens with one attached hydrogen (secondary N) is 1. The summed E-state index contributed by atoms with van der Waals surface area (Å²) in [6.45, 7) is 10.6. The monoisotopic (exact) mass is 637 g/mol. The maximum absolute atomic E-state index is 12.5. The molecule has 1 amide bonds. The lowest BCUT2D eigenvalue weighted by Gasteiger charge is -2.60. The van der Waals surface area contributed by atoms with Gasteiger partial charge >= 0.3 is 6.09 Å². The summed E-state index contributed by atoms with van der Waals surface area (Å²) in [7, 11) is 0. The molecule has 1 saturated heterocycles. The van der Waals surface area contributed by atoms with Gasteiger partial charge < -0.3 is 54.9 Å². The molecule has 12 heteroatoms. The number of carbonyl (C=O) groups excluding carboxylic acids is 1. The van der Waals surface area contributed by atoms with Crippen LogP contribution in [0.25, 0.3) is 0 Å². The largest absolute Gasteiger partial charge is 0.446 e. The van der Waals surface area contributed by atoms with Crippen molar-refractivity contribution < 1.29 is 54.4 Å². The van der Waals surface area contributed by atoms with Crippen LogP contribution in [0.3, 0.4) is 0 Å². The van der Waals surface area contributed by atoms with Crippen LogP contribution in [0.5, 0.6) is 0 Å². The summed E-state index contributed by atoms with van der Waals surface area (Å²) in [5, 5.41) is 67.1. The first-order valence-corrected chi connectivity index (χ1v) is 16.3. The number of aliphatic hydroxyl groups is 6. The number of ether oxygens (including phenoxy) is 4. The predicted molar refractivity (Wildman–Crippen MR) is 166 cm³/mol. The van der Waals surface area contributed by atoms with Crippen LogP contribution in [0.2, 0.25) is 0 Å². The van der Waals surface area contributed by atoms with Crippen LogP contribution in [0.15, 0.2) is 0 Å². The highest BCUT2D eigenvalue weighted by Gasteiger charge is 2.69. The summed E-state index contributed by atoms with van der Waals surface area (Å²) in [5.74, 6) is -2.00. The van der Waals surface area contributed by atoms with Gasteiger partial charge in [-0.05, 0) is 54.4 Å². The SMILES string of the molecule is CCCCCCCCCCCNC(=O)OCC1(C)O[C@](C)(OCC(C)(CO)O[C@](C)(CO)C(O)CC)C(C)(O)[C@H](O)[C@]1(C)O. The van der Waals surface area contributed by atoms with Crippen molar-refractivity contribution in [3.8, 4) is 0 Å². The molecule has 262 valence electrons. The lowest BCUT2D eigenvalue weighted by Crippen LogP contribution is -2.80. The number of rotatable bonds is 21. The van der Waals surface area contributed by atoms with E-state index in [0.29, 0.717) is 6.54 Å². The number of alkyl carbamates (subject to hydrolysis) is 1. The van der Waals surface area contributed by atoms with Crippen molar-refractivity contribution in [3.05, 3.63) is 0 Å². The van der Waals surface area contributed by atoms with Crippen molar-refractivity contribution >= 4 is 6.09 Å². The molecule has 1 fully saturated rings. The molecule has 0 bridgehead atoms. The van der Waals surface area contributed by atoms with E-state index in [1.54, 1.807) is 6.92 Å². The van der Waals surface area contributed by atoms with Crippen LogP contribution in [0, 0.1) is 0 Å². The Morgan fingerprint density at radius 1 is 0.909 bits per heavy atom. The average molecular weight is 638 g/mol. The maximum Gasteiger partial charge on any atom is 0.407 e. The number of hydrogen-bond donors (Lipinski definition) is 7. The summed E-state index contributed by atoms with van der Waals surface area (Å²) in [6.07, 6.45) is 7.06. The molecule has 8 atom stereocenters. The number of amides is 1. The molecule has 0 saturated carbocycles. The Balaban J connectivity index is 2.86. The molecule has 4 unspecified atom stereocenters. The molecular weight excluding hydrogens is 574 g/mol. The molecule has 0 aromatic rings. The summed E-state index contributed by atoms with van der Waals surface area (Å²) in [6, 6.07) is 0. The molecule has 1 aliphatic heterocycles. The Kier molecular flexibility index (Phi) is 16.0. The van der Waals surface area contributed by atoms with Gasteiger partial charge in [0.05, 0.1) is 25.9 Å². The molecule has 0 aliphatic carbocycles. The van der Waals surface area contributed by atoms with E-state index in [0.717, 1.165) is 19.3 Å². The maximum atomic E-state index is 12.5. The second kappa shape index (κ2) is 17.2. The second-order valence-electron chi connectivity index (χ2n) is 13.7. The quantitative estimate of drug-likeness (QED) is 0.0917. The zero-order valence-corrected chi connectivity index (χ0v) is 28.5. The molecule has 0 aromatic carbocycles. The number of hydrogen-bond acceptors (Lipinski definition) is 11. The minimum absolute atomic E-state index is 0.279. The van der Waals surface area contributed by atoms with Gasteiger partial charge in [-0.25, -0.2) is 4.79 Å². The molecule has 1 aliphatic rings. The first kappa shape index (κ1) is 40.9. The molecule has 7 N–H and O–H groups in total. The Morgan fingerprint density at radius 2 is 1.45 bits per heavy atom. The van der Waals surface area contributed by atoms with Crippen LogP contribution in [0.4, 0.5) is 4.79 Å². The summed E-state index contributed by atoms with van der Waals surface area (Å²) >= 11 is 0. The third-order valence-electron chi connectivity index (χ3n) is 9.38. The fraction of sp³-hybridized carbons (Fsp3) is 0.969. The fourth-order valence-corrected chi connectivity index (χ4v) is 5.55. The Hall–Kier alpha value is -1.09. The molecular formula is C32H63NO11. The van der Waals surface area contributed by atoms with Crippen LogP contribution in [-0.4, -0.2) is 116 Å². The van der Waals surface area contributed by atoms with Crippen LogP contribution >= 0.6 is 0 Å². The van der Waals surface area contributed by atoms with Gasteiger partial charge in [0.15, 0.2) is 5.79 Å². The standard InChI is InChI=1S/C32H63NO11/c1-9-11-12-13-14-15-16-17-18-19-33-26(38)41-23-29(5)30(6,39)25(37)31(7,40)32(8,44-29)42-22-27(3,20-34)43-28(4,21-35)24(36)10-2/h24-25,34-37,39-40H,9-23H2,1-8H3,(H,33,38)/t24?,25-,27?,28-,29?,30+,31?,32+/m1/s1. The first-order valence-electron chi connectivity index (χ1n) is 16.3. The zero-order chi connectivity index (χ0) is 33.9. The van der Waals surface area contributed by atoms with Crippen LogP contribution < -0.4 is 5.32 Å². The Morgan fingerprint density at radius 3 is 1.95 bits per heavy atom. The summed E-state index contributed by atoms with van der Waals surface area (Å²) in [4.78, 5) is 12.5. The fourth-order valence-electron chi connectivity index (χ4n) is 5.55. The molecule has 0 aromatic heterocycles. The number of aliphatic hydroxyl groups excluding tert-OH is 4. The molecule has 12 nitrogen and oxygen atoms in total. The van der Waals surface area contributed by atoms with E-state index < -0.39 is 78.5 Å². The van der Waals surface area contributed by atoms with E-state index in [1.165, 1.54) is 80.1 Å². The van der Waals surface area contributed by atoms with Gasteiger partial charge in [0.2, 0.25) is 0 Å². The van der Waals surface area contributed by atoms with Crippen molar-refractivity contribution in [1.29, 1.82) is 0 Å². The second-order valence-corrected chi connectivity index (χ2v) is 13.7. The Bertz CT molecular complexity index is 858. The van der Waals surface area contributed by atoms with Gasteiger partial charge in [0.1, 0.15) is 40.7 Å². The van der Waals surface area contributed by atoms with Gasteiger partial charge in [-0.1, -0.05) is 65.2 Å². The van der Waals surface area contributed by atoms with E-state index in [-0.39, 0.29) is 6.42 Å². The highest BCUT2D eigenvalue weighted by molar-refractivity contribution is 5.67. The van der Waals surface area contributed by atoms with E-state index in [4.69, 9.17) is 18.9 Å². The van der Waals surface area contributed by atoms with Gasteiger partial charge in [-0.2, -0.15) is 0 Å². The Labute approximate surface area is 264 Å². The van der Waals surface area contributed by atoms with Gasteiger partial charge in [-0.3, -0.25) is 0 Å². The summed E-state index contributed by atoms with van der Waals surface area (Å²) < 4.78 is 23.5. The lowest BCUT2D eigenvalue weighted by molar-refractivity contribution is -0.438. The van der Waals surface area contributed by atoms with Crippen molar-refractivity contribution in [1.82, 2.24) is 5.32 Å². The average Bonchev–Trinajstić information content (AvgIpc) is 2.98. The molecule has 0 spiro atoms. The minimum atomic E-state index is -2.19. The summed E-state index contributed by atoms with van der Waals surface area (Å²) in [5.41, 5.74) is -8.93. The van der Waals surface area contributed by atoms with Crippen molar-refractivity contribution in [3.63, 3.8) is 0 Å². The molecule has 1 rings (SSSR count). The lowest BCUT2D eigenvalue weighted by atomic mass is 9.69. The highest BCUT2D eigenvalue weighted by atomic mass is 16.7. The van der Waals surface area contributed by atoms with E-state index >= 15 is 0 Å². The predicted octanol–water partition coefficient (Wildman–Crippen LogP) is 2.92.